The van der Waals surface area contributed by atoms with Gasteiger partial charge in [0, 0.05) is 16.4 Å². The zero-order valence-electron chi connectivity index (χ0n) is 11.2. The zero-order valence-corrected chi connectivity index (χ0v) is 12.0. The van der Waals surface area contributed by atoms with Crippen LogP contribution in [0.15, 0.2) is 23.3 Å². The van der Waals surface area contributed by atoms with E-state index in [9.17, 15) is 9.59 Å². The highest BCUT2D eigenvalue weighted by molar-refractivity contribution is 6.39. The number of nitrogens with one attached hydrogen (secondary N) is 2. The lowest BCUT2D eigenvalue weighted by Gasteiger charge is -2.07. The largest absolute Gasteiger partial charge is 0.329 e. The first-order chi connectivity index (χ1) is 9.56. The molecule has 6 heteroatoms. The van der Waals surface area contributed by atoms with E-state index < -0.39 is 11.8 Å². The molecular formula is C14H16ClN3O2. The van der Waals surface area contributed by atoms with E-state index in [1.807, 2.05) is 0 Å². The standard InChI is InChI=1S/C14H16ClN3O2/c1-9-8-10(15)6-7-12(9)16-13(19)14(20)18-17-11-4-2-3-5-11/h6-8H,2-5H2,1H3,(H,16,19)(H,18,20). The highest BCUT2D eigenvalue weighted by Crippen LogP contribution is 2.19. The predicted molar refractivity (Wildman–Crippen MR) is 78.9 cm³/mol. The van der Waals surface area contributed by atoms with Crippen molar-refractivity contribution >= 4 is 34.8 Å². The molecule has 1 aliphatic rings. The van der Waals surface area contributed by atoms with Crippen molar-refractivity contribution in [2.75, 3.05) is 5.32 Å². The molecule has 1 aromatic rings. The predicted octanol–water partition coefficient (Wildman–Crippen LogP) is 2.63. The number of hydrazone groups is 1. The van der Waals surface area contributed by atoms with Crippen molar-refractivity contribution < 1.29 is 9.59 Å². The average Bonchev–Trinajstić information content (AvgIpc) is 2.92. The minimum Gasteiger partial charge on any atom is -0.317 e. The molecule has 20 heavy (non-hydrogen) atoms. The third kappa shape index (κ3) is 3.81. The molecule has 2 amide bonds. The van der Waals surface area contributed by atoms with E-state index in [0.29, 0.717) is 10.7 Å². The van der Waals surface area contributed by atoms with Gasteiger partial charge in [-0.05, 0) is 56.4 Å². The molecule has 1 fully saturated rings. The van der Waals surface area contributed by atoms with Crippen LogP contribution in [0.5, 0.6) is 0 Å². The Kier molecular flexibility index (Phi) is 4.74. The fraction of sp³-hybridized carbons (Fsp3) is 0.357. The molecule has 106 valence electrons. The van der Waals surface area contributed by atoms with Gasteiger partial charge in [-0.1, -0.05) is 11.6 Å². The van der Waals surface area contributed by atoms with Crippen LogP contribution in [0.3, 0.4) is 0 Å². The van der Waals surface area contributed by atoms with Gasteiger partial charge in [-0.2, -0.15) is 5.10 Å². The van der Waals surface area contributed by atoms with Gasteiger partial charge in [0.1, 0.15) is 0 Å². The molecule has 1 saturated carbocycles. The van der Waals surface area contributed by atoms with Crippen molar-refractivity contribution in [3.8, 4) is 0 Å². The van der Waals surface area contributed by atoms with Crippen LogP contribution in [0, 0.1) is 6.92 Å². The fourth-order valence-corrected chi connectivity index (χ4v) is 2.25. The summed E-state index contributed by atoms with van der Waals surface area (Å²) in [7, 11) is 0. The molecule has 1 aliphatic carbocycles. The lowest BCUT2D eigenvalue weighted by atomic mass is 10.2. The molecule has 0 spiro atoms. The van der Waals surface area contributed by atoms with E-state index in [1.165, 1.54) is 0 Å². The Bertz CT molecular complexity index is 562. The molecule has 0 heterocycles. The van der Waals surface area contributed by atoms with Crippen molar-refractivity contribution in [1.82, 2.24) is 5.43 Å². The summed E-state index contributed by atoms with van der Waals surface area (Å²) in [5.41, 5.74) is 4.58. The normalized spacial score (nSPS) is 14.0. The molecule has 0 atom stereocenters. The van der Waals surface area contributed by atoms with Gasteiger partial charge in [-0.15, -0.1) is 0 Å². The van der Waals surface area contributed by atoms with Gasteiger partial charge in [0.2, 0.25) is 0 Å². The summed E-state index contributed by atoms with van der Waals surface area (Å²) in [5.74, 6) is -1.50. The quantitative estimate of drug-likeness (QED) is 0.650. The Balaban J connectivity index is 1.93. The number of carbonyl (C=O) groups excluding carboxylic acids is 2. The van der Waals surface area contributed by atoms with Crippen LogP contribution in [0.25, 0.3) is 0 Å². The topological polar surface area (TPSA) is 70.6 Å². The van der Waals surface area contributed by atoms with Crippen molar-refractivity contribution in [1.29, 1.82) is 0 Å². The van der Waals surface area contributed by atoms with Gasteiger partial charge in [0.05, 0.1) is 0 Å². The number of aryl methyl sites for hydroxylation is 1. The maximum absolute atomic E-state index is 11.7. The number of carbonyl (C=O) groups is 2. The summed E-state index contributed by atoms with van der Waals surface area (Å²) < 4.78 is 0. The van der Waals surface area contributed by atoms with Crippen LogP contribution < -0.4 is 10.7 Å². The summed E-state index contributed by atoms with van der Waals surface area (Å²) in [6.07, 6.45) is 3.95. The Morgan fingerprint density at radius 2 is 1.90 bits per heavy atom. The van der Waals surface area contributed by atoms with E-state index in [-0.39, 0.29) is 0 Å². The molecule has 0 bridgehead atoms. The summed E-state index contributed by atoms with van der Waals surface area (Å²) >= 11 is 5.83. The van der Waals surface area contributed by atoms with E-state index >= 15 is 0 Å². The van der Waals surface area contributed by atoms with Gasteiger partial charge >= 0.3 is 11.8 Å². The number of rotatable bonds is 2. The highest BCUT2D eigenvalue weighted by Gasteiger charge is 2.15. The minimum absolute atomic E-state index is 0.558. The number of amides is 2. The maximum atomic E-state index is 11.7. The molecule has 0 aromatic heterocycles. The van der Waals surface area contributed by atoms with Crippen molar-refractivity contribution in [3.05, 3.63) is 28.8 Å². The second-order valence-electron chi connectivity index (χ2n) is 4.74. The molecule has 2 rings (SSSR count). The molecule has 5 nitrogen and oxygen atoms in total. The number of hydrogen-bond acceptors (Lipinski definition) is 3. The van der Waals surface area contributed by atoms with Gasteiger partial charge in [-0.3, -0.25) is 9.59 Å². The Morgan fingerprint density at radius 3 is 2.55 bits per heavy atom. The Hall–Kier alpha value is -1.88. The van der Waals surface area contributed by atoms with E-state index in [0.717, 1.165) is 37.0 Å². The molecule has 1 aromatic carbocycles. The highest BCUT2D eigenvalue weighted by atomic mass is 35.5. The third-order valence-corrected chi connectivity index (χ3v) is 3.37. The zero-order chi connectivity index (χ0) is 14.5. The summed E-state index contributed by atoms with van der Waals surface area (Å²) in [6.45, 7) is 1.80. The number of hydrogen-bond donors (Lipinski definition) is 2. The molecule has 2 N–H and O–H groups in total. The Morgan fingerprint density at radius 1 is 1.20 bits per heavy atom. The van der Waals surface area contributed by atoms with Crippen LogP contribution in [-0.4, -0.2) is 17.5 Å². The first-order valence-electron chi connectivity index (χ1n) is 6.49. The monoisotopic (exact) mass is 293 g/mol. The van der Waals surface area contributed by atoms with Crippen LogP contribution in [0.1, 0.15) is 31.2 Å². The number of anilines is 1. The average molecular weight is 294 g/mol. The number of nitrogens with zero attached hydrogens (tertiary/aromatic N) is 1. The lowest BCUT2D eigenvalue weighted by Crippen LogP contribution is -2.33. The maximum Gasteiger partial charge on any atom is 0.329 e. The van der Waals surface area contributed by atoms with Crippen LogP contribution >= 0.6 is 11.6 Å². The SMILES string of the molecule is Cc1cc(Cl)ccc1NC(=O)C(=O)NN=C1CCCC1. The molecule has 0 radical (unpaired) electrons. The van der Waals surface area contributed by atoms with E-state index in [4.69, 9.17) is 11.6 Å². The fourth-order valence-electron chi connectivity index (χ4n) is 2.02. The second kappa shape index (κ2) is 6.52. The number of halogens is 1. The summed E-state index contributed by atoms with van der Waals surface area (Å²) in [5, 5.41) is 7.07. The number of benzene rings is 1. The lowest BCUT2D eigenvalue weighted by molar-refractivity contribution is -0.136. The first kappa shape index (κ1) is 14.5. The Labute approximate surface area is 122 Å². The van der Waals surface area contributed by atoms with Crippen molar-refractivity contribution in [2.24, 2.45) is 5.10 Å². The van der Waals surface area contributed by atoms with Gasteiger partial charge in [0.25, 0.3) is 0 Å². The van der Waals surface area contributed by atoms with Crippen LogP contribution in [-0.2, 0) is 9.59 Å². The molecule has 0 saturated heterocycles. The van der Waals surface area contributed by atoms with Gasteiger partial charge in [0.15, 0.2) is 0 Å². The third-order valence-electron chi connectivity index (χ3n) is 3.14. The smallest absolute Gasteiger partial charge is 0.317 e. The first-order valence-corrected chi connectivity index (χ1v) is 6.87. The molecule has 0 unspecified atom stereocenters. The summed E-state index contributed by atoms with van der Waals surface area (Å²) in [6, 6.07) is 5.03. The molecule has 0 aliphatic heterocycles. The van der Waals surface area contributed by atoms with E-state index in [1.54, 1.807) is 25.1 Å². The van der Waals surface area contributed by atoms with Crippen LogP contribution in [0.2, 0.25) is 5.02 Å². The van der Waals surface area contributed by atoms with Gasteiger partial charge < -0.3 is 5.32 Å². The van der Waals surface area contributed by atoms with Gasteiger partial charge in [-0.25, -0.2) is 5.43 Å². The minimum atomic E-state index is -0.765. The van der Waals surface area contributed by atoms with E-state index in [2.05, 4.69) is 15.8 Å². The van der Waals surface area contributed by atoms with Crippen LogP contribution in [0.4, 0.5) is 5.69 Å². The summed E-state index contributed by atoms with van der Waals surface area (Å²) in [4.78, 5) is 23.4. The molecular weight excluding hydrogens is 278 g/mol. The van der Waals surface area contributed by atoms with Crippen molar-refractivity contribution in [2.45, 2.75) is 32.6 Å². The second-order valence-corrected chi connectivity index (χ2v) is 5.18. The van der Waals surface area contributed by atoms with Crippen molar-refractivity contribution in [3.63, 3.8) is 0 Å².